The molecule has 194 valence electrons. The zero-order valence-electron chi connectivity index (χ0n) is 20.3. The molecule has 10 nitrogen and oxygen atoms in total. The standard InChI is InChI=1S/C26H22N4O6S2/c1-35-22-10-9-17(12-23(22)36-2)25(32)27-18-6-4-8-20(13-18)37-15-24(31)29-26-28-21(14-38-26)16-5-3-7-19(11-16)30(33)34/h3-14H,15H2,1-2H3,(H,27,32)(H,28,29,31). The summed E-state index contributed by atoms with van der Waals surface area (Å²) in [5, 5.41) is 18.7. The van der Waals surface area contributed by atoms with Crippen LogP contribution in [0.25, 0.3) is 11.3 Å². The van der Waals surface area contributed by atoms with Gasteiger partial charge in [0.25, 0.3) is 11.6 Å². The van der Waals surface area contributed by atoms with E-state index in [2.05, 4.69) is 15.6 Å². The van der Waals surface area contributed by atoms with Gasteiger partial charge in [-0.3, -0.25) is 19.7 Å². The molecule has 2 amide bonds. The number of carbonyl (C=O) groups is 2. The number of anilines is 2. The van der Waals surface area contributed by atoms with Crippen LogP contribution < -0.4 is 20.1 Å². The smallest absolute Gasteiger partial charge is 0.270 e. The van der Waals surface area contributed by atoms with Crippen molar-refractivity contribution < 1.29 is 24.0 Å². The van der Waals surface area contributed by atoms with E-state index in [0.29, 0.717) is 39.1 Å². The summed E-state index contributed by atoms with van der Waals surface area (Å²) in [6, 6.07) is 18.2. The van der Waals surface area contributed by atoms with Crippen LogP contribution >= 0.6 is 23.1 Å². The average Bonchev–Trinajstić information content (AvgIpc) is 3.40. The van der Waals surface area contributed by atoms with E-state index in [1.54, 1.807) is 53.9 Å². The summed E-state index contributed by atoms with van der Waals surface area (Å²) in [6.45, 7) is 0. The summed E-state index contributed by atoms with van der Waals surface area (Å²) in [4.78, 5) is 40.9. The van der Waals surface area contributed by atoms with Gasteiger partial charge in [-0.25, -0.2) is 4.98 Å². The van der Waals surface area contributed by atoms with Crippen molar-refractivity contribution in [1.29, 1.82) is 0 Å². The second-order valence-corrected chi connectivity index (χ2v) is 9.64. The zero-order valence-corrected chi connectivity index (χ0v) is 21.9. The van der Waals surface area contributed by atoms with E-state index >= 15 is 0 Å². The summed E-state index contributed by atoms with van der Waals surface area (Å²) in [7, 11) is 3.02. The Morgan fingerprint density at radius 3 is 2.55 bits per heavy atom. The van der Waals surface area contributed by atoms with Crippen LogP contribution in [0, 0.1) is 10.1 Å². The van der Waals surface area contributed by atoms with Crippen LogP contribution in [0.1, 0.15) is 10.4 Å². The van der Waals surface area contributed by atoms with E-state index in [0.717, 1.165) is 4.90 Å². The average molecular weight is 551 g/mol. The third kappa shape index (κ3) is 6.66. The van der Waals surface area contributed by atoms with E-state index in [9.17, 15) is 19.7 Å². The van der Waals surface area contributed by atoms with Gasteiger partial charge in [0.2, 0.25) is 5.91 Å². The predicted molar refractivity (Wildman–Crippen MR) is 147 cm³/mol. The van der Waals surface area contributed by atoms with Gasteiger partial charge in [-0.15, -0.1) is 23.1 Å². The molecule has 4 rings (SSSR count). The lowest BCUT2D eigenvalue weighted by Gasteiger charge is -2.10. The van der Waals surface area contributed by atoms with Crippen molar-refractivity contribution >= 4 is 51.4 Å². The Labute approximate surface area is 226 Å². The SMILES string of the molecule is COc1ccc(C(=O)Nc2cccc(SCC(=O)Nc3nc(-c4cccc([N+](=O)[O-])c4)cs3)c2)cc1OC. The van der Waals surface area contributed by atoms with Crippen LogP contribution in [0.15, 0.2) is 77.0 Å². The fraction of sp³-hybridized carbons (Fsp3) is 0.115. The van der Waals surface area contributed by atoms with Crippen molar-refractivity contribution in [2.75, 3.05) is 30.6 Å². The van der Waals surface area contributed by atoms with Crippen molar-refractivity contribution in [2.24, 2.45) is 0 Å². The maximum absolute atomic E-state index is 12.7. The van der Waals surface area contributed by atoms with E-state index in [-0.39, 0.29) is 23.3 Å². The third-order valence-corrected chi connectivity index (χ3v) is 6.96. The lowest BCUT2D eigenvalue weighted by molar-refractivity contribution is -0.384. The van der Waals surface area contributed by atoms with Gasteiger partial charge >= 0.3 is 0 Å². The number of thioether (sulfide) groups is 1. The highest BCUT2D eigenvalue weighted by Gasteiger charge is 2.13. The van der Waals surface area contributed by atoms with Gasteiger partial charge in [0, 0.05) is 39.2 Å². The van der Waals surface area contributed by atoms with E-state index in [1.165, 1.54) is 49.5 Å². The molecule has 0 atom stereocenters. The molecule has 0 aliphatic rings. The van der Waals surface area contributed by atoms with Crippen LogP contribution in [-0.4, -0.2) is 41.7 Å². The quantitative estimate of drug-likeness (QED) is 0.146. The molecule has 38 heavy (non-hydrogen) atoms. The third-order valence-electron chi connectivity index (χ3n) is 5.21. The number of carbonyl (C=O) groups excluding carboxylic acids is 2. The van der Waals surface area contributed by atoms with Crippen molar-refractivity contribution in [3.63, 3.8) is 0 Å². The van der Waals surface area contributed by atoms with E-state index in [1.807, 2.05) is 6.07 Å². The Morgan fingerprint density at radius 2 is 1.79 bits per heavy atom. The Hall–Kier alpha value is -4.42. The van der Waals surface area contributed by atoms with Crippen LogP contribution in [-0.2, 0) is 4.79 Å². The van der Waals surface area contributed by atoms with Gasteiger partial charge < -0.3 is 20.1 Å². The monoisotopic (exact) mass is 550 g/mol. The Bertz CT molecular complexity index is 1490. The van der Waals surface area contributed by atoms with Gasteiger partial charge in [-0.05, 0) is 36.4 Å². The molecule has 3 aromatic carbocycles. The Morgan fingerprint density at radius 1 is 1.00 bits per heavy atom. The molecule has 1 aromatic heterocycles. The van der Waals surface area contributed by atoms with E-state index in [4.69, 9.17) is 9.47 Å². The second-order valence-electron chi connectivity index (χ2n) is 7.73. The highest BCUT2D eigenvalue weighted by atomic mass is 32.2. The first-order valence-corrected chi connectivity index (χ1v) is 13.0. The van der Waals surface area contributed by atoms with Gasteiger partial charge in [-0.2, -0.15) is 0 Å². The van der Waals surface area contributed by atoms with Crippen molar-refractivity contribution in [1.82, 2.24) is 4.98 Å². The number of ether oxygens (including phenoxy) is 2. The molecule has 0 fully saturated rings. The molecule has 0 saturated carbocycles. The number of rotatable bonds is 10. The number of thiazole rings is 1. The molecule has 12 heteroatoms. The number of nitrogens with one attached hydrogen (secondary N) is 2. The van der Waals surface area contributed by atoms with Gasteiger partial charge in [0.1, 0.15) is 0 Å². The maximum atomic E-state index is 12.7. The predicted octanol–water partition coefficient (Wildman–Crippen LogP) is 5.72. The summed E-state index contributed by atoms with van der Waals surface area (Å²) >= 11 is 2.54. The summed E-state index contributed by atoms with van der Waals surface area (Å²) in [5.41, 5.74) is 2.10. The number of benzene rings is 3. The number of nitrogens with zero attached hydrogens (tertiary/aromatic N) is 2. The lowest BCUT2D eigenvalue weighted by Crippen LogP contribution is -2.14. The fourth-order valence-corrected chi connectivity index (χ4v) is 4.88. The Balaban J connectivity index is 1.33. The fourth-order valence-electron chi connectivity index (χ4n) is 3.39. The molecular formula is C26H22N4O6S2. The van der Waals surface area contributed by atoms with Crippen LogP contribution in [0.5, 0.6) is 11.5 Å². The first-order chi connectivity index (χ1) is 18.4. The molecule has 0 bridgehead atoms. The minimum atomic E-state index is -0.466. The van der Waals surface area contributed by atoms with Crippen LogP contribution in [0.4, 0.5) is 16.5 Å². The number of hydrogen-bond donors (Lipinski definition) is 2. The van der Waals surface area contributed by atoms with Gasteiger partial charge in [0.15, 0.2) is 16.6 Å². The normalized spacial score (nSPS) is 10.5. The number of methoxy groups -OCH3 is 2. The second kappa shape index (κ2) is 12.2. The minimum Gasteiger partial charge on any atom is -0.493 e. The summed E-state index contributed by atoms with van der Waals surface area (Å²) in [6.07, 6.45) is 0. The van der Waals surface area contributed by atoms with Crippen LogP contribution in [0.2, 0.25) is 0 Å². The van der Waals surface area contributed by atoms with E-state index < -0.39 is 4.92 Å². The highest BCUT2D eigenvalue weighted by Crippen LogP contribution is 2.29. The van der Waals surface area contributed by atoms with Crippen molar-refractivity contribution in [2.45, 2.75) is 4.90 Å². The molecule has 0 radical (unpaired) electrons. The van der Waals surface area contributed by atoms with Crippen molar-refractivity contribution in [3.8, 4) is 22.8 Å². The molecule has 0 saturated heterocycles. The molecular weight excluding hydrogens is 528 g/mol. The zero-order chi connectivity index (χ0) is 27.1. The lowest BCUT2D eigenvalue weighted by atomic mass is 10.1. The maximum Gasteiger partial charge on any atom is 0.270 e. The molecule has 4 aromatic rings. The number of aromatic nitrogens is 1. The van der Waals surface area contributed by atoms with Gasteiger partial charge in [-0.1, -0.05) is 18.2 Å². The largest absolute Gasteiger partial charge is 0.493 e. The number of nitro benzene ring substituents is 1. The van der Waals surface area contributed by atoms with Crippen LogP contribution in [0.3, 0.4) is 0 Å². The molecule has 0 unspecified atom stereocenters. The Kier molecular flexibility index (Phi) is 8.56. The van der Waals surface area contributed by atoms with Crippen molar-refractivity contribution in [3.05, 3.63) is 87.8 Å². The number of non-ortho nitro benzene ring substituents is 1. The topological polar surface area (TPSA) is 133 Å². The highest BCUT2D eigenvalue weighted by molar-refractivity contribution is 8.00. The summed E-state index contributed by atoms with van der Waals surface area (Å²) in [5.74, 6) is 0.536. The summed E-state index contributed by atoms with van der Waals surface area (Å²) < 4.78 is 10.5. The number of nitro groups is 1. The molecule has 1 heterocycles. The first-order valence-electron chi connectivity index (χ1n) is 11.1. The van der Waals surface area contributed by atoms with Gasteiger partial charge in [0.05, 0.1) is 30.6 Å². The number of hydrogen-bond acceptors (Lipinski definition) is 9. The number of amides is 2. The molecule has 0 aliphatic carbocycles. The minimum absolute atomic E-state index is 0.0281. The molecule has 2 N–H and O–H groups in total. The molecule has 0 spiro atoms. The first kappa shape index (κ1) is 26.6. The molecule has 0 aliphatic heterocycles.